The topological polar surface area (TPSA) is 31.4 Å². The lowest BCUT2D eigenvalue weighted by molar-refractivity contribution is 0.00578. The summed E-state index contributed by atoms with van der Waals surface area (Å²) in [6.07, 6.45) is 0. The molecule has 3 nitrogen and oxygen atoms in total. The highest BCUT2D eigenvalue weighted by molar-refractivity contribution is 6.61. The second kappa shape index (κ2) is 4.79. The second-order valence-electron chi connectivity index (χ2n) is 7.18. The summed E-state index contributed by atoms with van der Waals surface area (Å²) in [5, 5.41) is 3.48. The van der Waals surface area contributed by atoms with Crippen molar-refractivity contribution in [1.29, 1.82) is 0 Å². The Balaban J connectivity index is 1.85. The summed E-state index contributed by atoms with van der Waals surface area (Å²) in [4.78, 5) is 4.87. The van der Waals surface area contributed by atoms with Gasteiger partial charge in [0.25, 0.3) is 0 Å². The molecule has 23 heavy (non-hydrogen) atoms. The number of fused-ring (bicyclic) bond motifs is 3. The van der Waals surface area contributed by atoms with Crippen LogP contribution < -0.4 is 5.59 Å². The molecule has 0 aliphatic carbocycles. The molecule has 1 fully saturated rings. The SMILES string of the molecule is CC1(C)OB(c2ccc3ccc4ccccc4c3n2)OC1(C)C. The van der Waals surface area contributed by atoms with Gasteiger partial charge in [0, 0.05) is 10.8 Å². The van der Waals surface area contributed by atoms with Gasteiger partial charge in [-0.3, -0.25) is 4.98 Å². The molecule has 0 amide bonds. The molecule has 1 saturated heterocycles. The summed E-state index contributed by atoms with van der Waals surface area (Å²) in [7, 11) is -0.427. The molecule has 2 heterocycles. The molecule has 4 rings (SSSR count). The van der Waals surface area contributed by atoms with Crippen LogP contribution in [0.15, 0.2) is 48.5 Å². The lowest BCUT2D eigenvalue weighted by atomic mass is 9.83. The summed E-state index contributed by atoms with van der Waals surface area (Å²) < 4.78 is 12.3. The van der Waals surface area contributed by atoms with Gasteiger partial charge < -0.3 is 9.31 Å². The Morgan fingerprint density at radius 1 is 0.783 bits per heavy atom. The van der Waals surface area contributed by atoms with Crippen LogP contribution in [0, 0.1) is 0 Å². The third-order valence-corrected chi connectivity index (χ3v) is 5.10. The number of rotatable bonds is 1. The van der Waals surface area contributed by atoms with Crippen molar-refractivity contribution in [1.82, 2.24) is 4.98 Å². The molecule has 1 aliphatic rings. The largest absolute Gasteiger partial charge is 0.514 e. The lowest BCUT2D eigenvalue weighted by Gasteiger charge is -2.32. The first-order valence-electron chi connectivity index (χ1n) is 8.01. The molecular formula is C19H20BNO2. The van der Waals surface area contributed by atoms with E-state index in [1.807, 2.05) is 18.2 Å². The quantitative estimate of drug-likeness (QED) is 0.507. The van der Waals surface area contributed by atoms with Crippen molar-refractivity contribution in [2.24, 2.45) is 0 Å². The fourth-order valence-corrected chi connectivity index (χ4v) is 2.97. The van der Waals surface area contributed by atoms with Crippen LogP contribution in [0.3, 0.4) is 0 Å². The summed E-state index contributed by atoms with van der Waals surface area (Å²) >= 11 is 0. The Hall–Kier alpha value is -1.91. The standard InChI is InChI=1S/C19H20BNO2/c1-18(2)19(3,4)23-20(22-18)16-12-11-14-10-9-13-7-5-6-8-15(13)17(14)21-16/h5-12H,1-4H3. The highest BCUT2D eigenvalue weighted by atomic mass is 16.7. The van der Waals surface area contributed by atoms with Crippen molar-refractivity contribution in [2.75, 3.05) is 0 Å². The zero-order valence-electron chi connectivity index (χ0n) is 14.0. The minimum atomic E-state index is -0.427. The molecule has 0 N–H and O–H groups in total. The first kappa shape index (κ1) is 14.7. The molecule has 0 saturated carbocycles. The van der Waals surface area contributed by atoms with Gasteiger partial charge in [-0.1, -0.05) is 42.5 Å². The Labute approximate surface area is 136 Å². The van der Waals surface area contributed by atoms with Gasteiger partial charge in [0.2, 0.25) is 0 Å². The van der Waals surface area contributed by atoms with Gasteiger partial charge in [0.1, 0.15) is 0 Å². The van der Waals surface area contributed by atoms with Crippen LogP contribution in [-0.4, -0.2) is 23.3 Å². The molecule has 2 aromatic carbocycles. The highest BCUT2D eigenvalue weighted by Gasteiger charge is 2.52. The molecule has 4 heteroatoms. The Bertz CT molecular complexity index is 888. The van der Waals surface area contributed by atoms with E-state index in [0.717, 1.165) is 21.9 Å². The average Bonchev–Trinajstić information content (AvgIpc) is 2.75. The molecule has 0 spiro atoms. The van der Waals surface area contributed by atoms with Crippen molar-refractivity contribution in [3.63, 3.8) is 0 Å². The molecule has 0 unspecified atom stereocenters. The summed E-state index contributed by atoms with van der Waals surface area (Å²) in [5.74, 6) is 0. The number of nitrogens with zero attached hydrogens (tertiary/aromatic N) is 1. The van der Waals surface area contributed by atoms with Crippen molar-refractivity contribution in [2.45, 2.75) is 38.9 Å². The minimum absolute atomic E-state index is 0.354. The molecule has 116 valence electrons. The summed E-state index contributed by atoms with van der Waals surface area (Å²) in [6.45, 7) is 8.24. The monoisotopic (exact) mass is 305 g/mol. The van der Waals surface area contributed by atoms with E-state index in [4.69, 9.17) is 14.3 Å². The molecule has 1 aliphatic heterocycles. The predicted octanol–water partition coefficient (Wildman–Crippen LogP) is 3.69. The number of benzene rings is 2. The van der Waals surface area contributed by atoms with Gasteiger partial charge in [-0.15, -0.1) is 0 Å². The van der Waals surface area contributed by atoms with Gasteiger partial charge in [-0.2, -0.15) is 0 Å². The minimum Gasteiger partial charge on any atom is -0.398 e. The number of hydrogen-bond acceptors (Lipinski definition) is 3. The fraction of sp³-hybridized carbons (Fsp3) is 0.316. The van der Waals surface area contributed by atoms with E-state index in [2.05, 4.69) is 58.0 Å². The van der Waals surface area contributed by atoms with Crippen molar-refractivity contribution >= 4 is 34.4 Å². The van der Waals surface area contributed by atoms with Crippen molar-refractivity contribution in [3.05, 3.63) is 48.5 Å². The van der Waals surface area contributed by atoms with E-state index in [1.54, 1.807) is 0 Å². The van der Waals surface area contributed by atoms with E-state index < -0.39 is 7.12 Å². The normalized spacial score (nSPS) is 19.6. The molecule has 1 aromatic heterocycles. The van der Waals surface area contributed by atoms with Crippen LogP contribution in [0.2, 0.25) is 0 Å². The van der Waals surface area contributed by atoms with Gasteiger partial charge in [-0.25, -0.2) is 0 Å². The molecular weight excluding hydrogens is 285 g/mol. The first-order chi connectivity index (χ1) is 10.9. The van der Waals surface area contributed by atoms with Gasteiger partial charge in [-0.05, 0) is 39.1 Å². The van der Waals surface area contributed by atoms with Gasteiger partial charge in [0.15, 0.2) is 0 Å². The Kier molecular flexibility index (Phi) is 3.06. The van der Waals surface area contributed by atoms with Crippen LogP contribution in [0.4, 0.5) is 0 Å². The second-order valence-corrected chi connectivity index (χ2v) is 7.18. The van der Waals surface area contributed by atoms with Crippen LogP contribution >= 0.6 is 0 Å². The third kappa shape index (κ3) is 2.25. The van der Waals surface area contributed by atoms with Gasteiger partial charge in [0.05, 0.1) is 22.3 Å². The van der Waals surface area contributed by atoms with E-state index in [9.17, 15) is 0 Å². The summed E-state index contributed by atoms with van der Waals surface area (Å²) in [5.41, 5.74) is 1.11. The van der Waals surface area contributed by atoms with Crippen molar-refractivity contribution in [3.8, 4) is 0 Å². The smallest absolute Gasteiger partial charge is 0.398 e. The van der Waals surface area contributed by atoms with Crippen LogP contribution in [0.5, 0.6) is 0 Å². The van der Waals surface area contributed by atoms with Crippen LogP contribution in [-0.2, 0) is 9.31 Å². The molecule has 0 radical (unpaired) electrons. The maximum Gasteiger partial charge on any atom is 0.514 e. The predicted molar refractivity (Wildman–Crippen MR) is 95.0 cm³/mol. The van der Waals surface area contributed by atoms with E-state index in [1.165, 1.54) is 5.39 Å². The molecule has 0 atom stereocenters. The zero-order chi connectivity index (χ0) is 16.2. The maximum atomic E-state index is 6.13. The number of hydrogen-bond donors (Lipinski definition) is 0. The van der Waals surface area contributed by atoms with Gasteiger partial charge >= 0.3 is 7.12 Å². The number of aromatic nitrogens is 1. The molecule has 3 aromatic rings. The number of pyridine rings is 1. The van der Waals surface area contributed by atoms with E-state index in [0.29, 0.717) is 0 Å². The van der Waals surface area contributed by atoms with E-state index in [-0.39, 0.29) is 11.2 Å². The summed E-state index contributed by atoms with van der Waals surface area (Å²) in [6, 6.07) is 16.6. The lowest BCUT2D eigenvalue weighted by Crippen LogP contribution is -2.41. The van der Waals surface area contributed by atoms with Crippen LogP contribution in [0.25, 0.3) is 21.7 Å². The van der Waals surface area contributed by atoms with Crippen molar-refractivity contribution < 1.29 is 9.31 Å². The fourth-order valence-electron chi connectivity index (χ4n) is 2.97. The van der Waals surface area contributed by atoms with E-state index >= 15 is 0 Å². The average molecular weight is 305 g/mol. The van der Waals surface area contributed by atoms with Crippen LogP contribution in [0.1, 0.15) is 27.7 Å². The first-order valence-corrected chi connectivity index (χ1v) is 8.01. The third-order valence-electron chi connectivity index (χ3n) is 5.10. The maximum absolute atomic E-state index is 6.13. The molecule has 0 bridgehead atoms. The highest BCUT2D eigenvalue weighted by Crippen LogP contribution is 2.36. The zero-order valence-corrected chi connectivity index (χ0v) is 14.0. The Morgan fingerprint density at radius 3 is 2.13 bits per heavy atom. The Morgan fingerprint density at radius 2 is 1.39 bits per heavy atom.